The molecule has 0 heterocycles. The minimum Gasteiger partial charge on any atom is -0.460 e. The molecule has 4 heteroatoms. The van der Waals surface area contributed by atoms with Crippen molar-refractivity contribution in [2.24, 2.45) is 0 Å². The molecule has 0 saturated heterocycles. The van der Waals surface area contributed by atoms with Gasteiger partial charge in [0.25, 0.3) is 0 Å². The maximum Gasteiger partial charge on any atom is 0.333 e. The maximum atomic E-state index is 12.0. The average Bonchev–Trinajstić information content (AvgIpc) is 2.43. The Labute approximate surface area is 132 Å². The van der Waals surface area contributed by atoms with Crippen LogP contribution in [0.25, 0.3) is 0 Å². The van der Waals surface area contributed by atoms with E-state index >= 15 is 0 Å². The second-order valence-corrected chi connectivity index (χ2v) is 9.88. The van der Waals surface area contributed by atoms with Crippen LogP contribution in [0.2, 0.25) is 12.1 Å². The maximum absolute atomic E-state index is 12.0. The monoisotopic (exact) mass is 314 g/mol. The summed E-state index contributed by atoms with van der Waals surface area (Å²) in [4.78, 5) is 12.0. The summed E-state index contributed by atoms with van der Waals surface area (Å²) in [5.41, 5.74) is 0.436. The van der Waals surface area contributed by atoms with Gasteiger partial charge < -0.3 is 9.16 Å². The fraction of sp³-hybridized carbons (Fsp3) is 0.824. The minimum atomic E-state index is -2.06. The third kappa shape index (κ3) is 6.79. The van der Waals surface area contributed by atoms with Crippen molar-refractivity contribution in [1.82, 2.24) is 0 Å². The fourth-order valence-corrected chi connectivity index (χ4v) is 7.55. The summed E-state index contributed by atoms with van der Waals surface area (Å²) in [7, 11) is -2.06. The SMILES string of the molecule is C=C(C)C(=O)OC(CCCC)[Si](CCC)(CCC)OCC. The Bertz CT molecular complexity index is 298. The number of carbonyl (C=O) groups excluding carboxylic acids is 1. The zero-order valence-electron chi connectivity index (χ0n) is 14.7. The number of esters is 1. The van der Waals surface area contributed by atoms with Crippen LogP contribution in [0.1, 0.15) is 66.7 Å². The molecule has 0 saturated carbocycles. The van der Waals surface area contributed by atoms with E-state index in [1.807, 2.05) is 6.92 Å². The van der Waals surface area contributed by atoms with Gasteiger partial charge in [-0.2, -0.15) is 0 Å². The van der Waals surface area contributed by atoms with Crippen LogP contribution in [0.15, 0.2) is 12.2 Å². The van der Waals surface area contributed by atoms with Crippen molar-refractivity contribution < 1.29 is 14.0 Å². The van der Waals surface area contributed by atoms with Crippen LogP contribution >= 0.6 is 0 Å². The highest BCUT2D eigenvalue weighted by atomic mass is 28.4. The number of ether oxygens (including phenoxy) is 1. The molecule has 0 aliphatic carbocycles. The van der Waals surface area contributed by atoms with Crippen molar-refractivity contribution in [1.29, 1.82) is 0 Å². The highest BCUT2D eigenvalue weighted by Crippen LogP contribution is 2.30. The van der Waals surface area contributed by atoms with Crippen molar-refractivity contribution in [3.05, 3.63) is 12.2 Å². The van der Waals surface area contributed by atoms with Gasteiger partial charge in [-0.15, -0.1) is 0 Å². The second-order valence-electron chi connectivity index (χ2n) is 5.81. The molecule has 0 rings (SSSR count). The smallest absolute Gasteiger partial charge is 0.333 e. The molecule has 0 aromatic heterocycles. The number of unbranched alkanes of at least 4 members (excludes halogenated alkanes) is 1. The van der Waals surface area contributed by atoms with E-state index in [2.05, 4.69) is 27.4 Å². The van der Waals surface area contributed by atoms with Crippen molar-refractivity contribution in [3.63, 3.8) is 0 Å². The minimum absolute atomic E-state index is 0.0403. The van der Waals surface area contributed by atoms with E-state index in [0.29, 0.717) is 12.2 Å². The summed E-state index contributed by atoms with van der Waals surface area (Å²) in [5.74, 6) is -0.264. The zero-order chi connectivity index (χ0) is 16.3. The Balaban J connectivity index is 5.29. The number of hydrogen-bond donors (Lipinski definition) is 0. The highest BCUT2D eigenvalue weighted by molar-refractivity contribution is 6.75. The molecule has 0 N–H and O–H groups in total. The molecule has 0 aliphatic rings. The lowest BCUT2D eigenvalue weighted by Crippen LogP contribution is -2.52. The number of hydrogen-bond acceptors (Lipinski definition) is 3. The lowest BCUT2D eigenvalue weighted by molar-refractivity contribution is -0.142. The van der Waals surface area contributed by atoms with Gasteiger partial charge in [-0.3, -0.25) is 0 Å². The van der Waals surface area contributed by atoms with Gasteiger partial charge in [0.2, 0.25) is 8.32 Å². The summed E-state index contributed by atoms with van der Waals surface area (Å²) >= 11 is 0. The molecule has 3 nitrogen and oxygen atoms in total. The van der Waals surface area contributed by atoms with Crippen LogP contribution in [0.3, 0.4) is 0 Å². The molecule has 1 unspecified atom stereocenters. The van der Waals surface area contributed by atoms with Gasteiger partial charge in [0, 0.05) is 12.2 Å². The predicted octanol–water partition coefficient (Wildman–Crippen LogP) is 5.01. The summed E-state index contributed by atoms with van der Waals surface area (Å²) in [6.07, 6.45) is 5.26. The van der Waals surface area contributed by atoms with Crippen LogP contribution in [-0.4, -0.2) is 26.6 Å². The third-order valence-corrected chi connectivity index (χ3v) is 8.92. The van der Waals surface area contributed by atoms with Gasteiger partial charge in [-0.25, -0.2) is 4.79 Å². The summed E-state index contributed by atoms with van der Waals surface area (Å²) < 4.78 is 12.1. The molecule has 0 amide bonds. The molecule has 0 aromatic rings. The molecule has 21 heavy (non-hydrogen) atoms. The summed E-state index contributed by atoms with van der Waals surface area (Å²) in [6, 6.07) is 2.12. The number of carbonyl (C=O) groups is 1. The molecule has 0 radical (unpaired) electrons. The van der Waals surface area contributed by atoms with Crippen LogP contribution in [-0.2, 0) is 14.0 Å². The van der Waals surface area contributed by atoms with Gasteiger partial charge in [0.1, 0.15) is 5.73 Å². The largest absolute Gasteiger partial charge is 0.460 e. The molecule has 0 fully saturated rings. The van der Waals surface area contributed by atoms with Gasteiger partial charge in [0.15, 0.2) is 0 Å². The van der Waals surface area contributed by atoms with Crippen LogP contribution in [0, 0.1) is 0 Å². The fourth-order valence-electron chi connectivity index (χ4n) is 2.87. The van der Waals surface area contributed by atoms with Gasteiger partial charge in [0.05, 0.1) is 0 Å². The molecule has 0 aliphatic heterocycles. The lowest BCUT2D eigenvalue weighted by atomic mass is 10.2. The van der Waals surface area contributed by atoms with Crippen molar-refractivity contribution in [2.45, 2.75) is 84.5 Å². The van der Waals surface area contributed by atoms with Crippen LogP contribution in [0.4, 0.5) is 0 Å². The Morgan fingerprint density at radius 2 is 1.67 bits per heavy atom. The Kier molecular flexibility index (Phi) is 10.7. The first-order valence-corrected chi connectivity index (χ1v) is 10.9. The van der Waals surface area contributed by atoms with Crippen molar-refractivity contribution in [3.8, 4) is 0 Å². The molecule has 0 aromatic carbocycles. The van der Waals surface area contributed by atoms with E-state index in [1.54, 1.807) is 6.92 Å². The van der Waals surface area contributed by atoms with E-state index in [0.717, 1.165) is 44.2 Å². The van der Waals surface area contributed by atoms with Crippen LogP contribution in [0.5, 0.6) is 0 Å². The predicted molar refractivity (Wildman–Crippen MR) is 91.8 cm³/mol. The molecule has 0 spiro atoms. The number of rotatable bonds is 12. The van der Waals surface area contributed by atoms with Crippen molar-refractivity contribution >= 4 is 14.3 Å². The normalized spacial score (nSPS) is 13.0. The molecular weight excluding hydrogens is 280 g/mol. The Morgan fingerprint density at radius 1 is 1.10 bits per heavy atom. The van der Waals surface area contributed by atoms with Gasteiger partial charge in [-0.1, -0.05) is 53.0 Å². The Hall–Kier alpha value is -0.613. The average molecular weight is 315 g/mol. The molecule has 1 atom stereocenters. The van der Waals surface area contributed by atoms with E-state index in [-0.39, 0.29) is 11.7 Å². The van der Waals surface area contributed by atoms with Crippen LogP contribution < -0.4 is 0 Å². The molecular formula is C17H34O3Si. The first-order chi connectivity index (χ1) is 9.97. The van der Waals surface area contributed by atoms with Crippen molar-refractivity contribution in [2.75, 3.05) is 6.61 Å². The lowest BCUT2D eigenvalue weighted by Gasteiger charge is -2.37. The first-order valence-electron chi connectivity index (χ1n) is 8.47. The second kappa shape index (κ2) is 11.0. The van der Waals surface area contributed by atoms with E-state index in [9.17, 15) is 4.79 Å². The quantitative estimate of drug-likeness (QED) is 0.289. The third-order valence-electron chi connectivity index (χ3n) is 3.78. The highest BCUT2D eigenvalue weighted by Gasteiger charge is 2.44. The topological polar surface area (TPSA) is 35.5 Å². The summed E-state index contributed by atoms with van der Waals surface area (Å²) in [6.45, 7) is 14.7. The van der Waals surface area contributed by atoms with Gasteiger partial charge >= 0.3 is 5.97 Å². The molecule has 0 bridgehead atoms. The first kappa shape index (κ1) is 20.4. The summed E-state index contributed by atoms with van der Waals surface area (Å²) in [5, 5.41) is 0. The van der Waals surface area contributed by atoms with E-state index < -0.39 is 8.32 Å². The zero-order valence-corrected chi connectivity index (χ0v) is 15.7. The molecule has 124 valence electrons. The Morgan fingerprint density at radius 3 is 2.05 bits per heavy atom. The standard InChI is InChI=1S/C17H34O3Si/c1-7-11-12-16(20-17(18)15(5)6)21(13-8-2,14-9-3)19-10-4/h16H,5,7-14H2,1-4,6H3. The van der Waals surface area contributed by atoms with E-state index in [1.165, 1.54) is 0 Å². The van der Waals surface area contributed by atoms with E-state index in [4.69, 9.17) is 9.16 Å². The van der Waals surface area contributed by atoms with Gasteiger partial charge in [-0.05, 0) is 32.4 Å².